The molecule has 1 aliphatic heterocycles. The van der Waals surface area contributed by atoms with Crippen LogP contribution in [0, 0.1) is 12.7 Å². The number of imidazole rings is 1. The van der Waals surface area contributed by atoms with Crippen molar-refractivity contribution in [3.8, 4) is 0 Å². The zero-order chi connectivity index (χ0) is 23.5. The minimum absolute atomic E-state index is 0.0252. The molecule has 172 valence electrons. The Kier molecular flexibility index (Phi) is 6.21. The van der Waals surface area contributed by atoms with Gasteiger partial charge in [-0.3, -0.25) is 9.78 Å². The highest BCUT2D eigenvalue weighted by Gasteiger charge is 2.32. The molecule has 0 unspecified atom stereocenters. The Morgan fingerprint density at radius 2 is 1.82 bits per heavy atom. The minimum atomic E-state index is -0.225. The Morgan fingerprint density at radius 1 is 1.03 bits per heavy atom. The van der Waals surface area contributed by atoms with Crippen LogP contribution in [0.1, 0.15) is 57.6 Å². The molecule has 0 spiro atoms. The van der Waals surface area contributed by atoms with Crippen molar-refractivity contribution in [1.82, 2.24) is 19.4 Å². The second-order valence-corrected chi connectivity index (χ2v) is 8.74. The summed E-state index contributed by atoms with van der Waals surface area (Å²) in [6.45, 7) is 3.25. The molecule has 2 aromatic heterocycles. The van der Waals surface area contributed by atoms with Crippen molar-refractivity contribution >= 4 is 5.91 Å². The van der Waals surface area contributed by atoms with Gasteiger partial charge in [-0.2, -0.15) is 0 Å². The maximum Gasteiger partial charge on any atom is 0.254 e. The summed E-state index contributed by atoms with van der Waals surface area (Å²) in [7, 11) is 0. The fraction of sp³-hybridized carbons (Fsp3) is 0.250. The number of benzene rings is 2. The van der Waals surface area contributed by atoms with Gasteiger partial charge in [0.15, 0.2) is 0 Å². The van der Waals surface area contributed by atoms with Crippen LogP contribution in [0.2, 0.25) is 0 Å². The third-order valence-corrected chi connectivity index (χ3v) is 6.52. The van der Waals surface area contributed by atoms with Crippen molar-refractivity contribution in [2.45, 2.75) is 38.8 Å². The first-order valence-corrected chi connectivity index (χ1v) is 11.7. The van der Waals surface area contributed by atoms with Gasteiger partial charge in [0, 0.05) is 43.2 Å². The first kappa shape index (κ1) is 22.0. The first-order valence-electron chi connectivity index (χ1n) is 11.7. The van der Waals surface area contributed by atoms with E-state index in [0.717, 1.165) is 35.6 Å². The molecule has 2 aromatic carbocycles. The van der Waals surface area contributed by atoms with E-state index in [2.05, 4.69) is 4.98 Å². The molecule has 5 nitrogen and oxygen atoms in total. The summed E-state index contributed by atoms with van der Waals surface area (Å²) in [6.07, 6.45) is 5.92. The monoisotopic (exact) mass is 454 g/mol. The molecule has 0 radical (unpaired) electrons. The molecule has 0 bridgehead atoms. The SMILES string of the molecule is Cc1nccn1Cc1ccccc1C(=O)N1CCC[C@@H]1c1cccc(Cc2ccccc2F)n1. The molecule has 1 amide bonds. The lowest BCUT2D eigenvalue weighted by molar-refractivity contribution is 0.0731. The van der Waals surface area contributed by atoms with E-state index < -0.39 is 0 Å². The van der Waals surface area contributed by atoms with Crippen LogP contribution in [0.15, 0.2) is 79.1 Å². The molecule has 0 saturated carbocycles. The van der Waals surface area contributed by atoms with E-state index in [1.165, 1.54) is 6.07 Å². The Morgan fingerprint density at radius 3 is 2.62 bits per heavy atom. The predicted octanol–water partition coefficient (Wildman–Crippen LogP) is 5.34. The molecule has 6 heteroatoms. The largest absolute Gasteiger partial charge is 0.331 e. The third kappa shape index (κ3) is 4.49. The fourth-order valence-corrected chi connectivity index (χ4v) is 4.71. The van der Waals surface area contributed by atoms with E-state index in [1.54, 1.807) is 18.3 Å². The van der Waals surface area contributed by atoms with Crippen LogP contribution in [-0.2, 0) is 13.0 Å². The molecule has 1 saturated heterocycles. The lowest BCUT2D eigenvalue weighted by Crippen LogP contribution is -2.32. The van der Waals surface area contributed by atoms with E-state index in [1.807, 2.05) is 71.1 Å². The number of likely N-dealkylation sites (tertiary alicyclic amines) is 1. The number of carbonyl (C=O) groups excluding carboxylic acids is 1. The van der Waals surface area contributed by atoms with Gasteiger partial charge in [-0.15, -0.1) is 0 Å². The standard InChI is InChI=1S/C28H27FN4O/c1-20-30-15-17-32(20)19-22-9-2-4-11-24(22)28(34)33-16-7-14-27(33)26-13-6-10-23(31-26)18-21-8-3-5-12-25(21)29/h2-6,8-13,15,17,27H,7,14,16,18-19H2,1H3/t27-/m1/s1. The van der Waals surface area contributed by atoms with Gasteiger partial charge in [0.25, 0.3) is 5.91 Å². The number of nitrogens with zero attached hydrogens (tertiary/aromatic N) is 4. The Hall–Kier alpha value is -3.80. The van der Waals surface area contributed by atoms with Crippen molar-refractivity contribution in [3.05, 3.63) is 119 Å². The zero-order valence-electron chi connectivity index (χ0n) is 19.2. The van der Waals surface area contributed by atoms with Gasteiger partial charge >= 0.3 is 0 Å². The molecular weight excluding hydrogens is 427 g/mol. The summed E-state index contributed by atoms with van der Waals surface area (Å²) in [5.41, 5.74) is 3.97. The lowest BCUT2D eigenvalue weighted by atomic mass is 10.0. The van der Waals surface area contributed by atoms with Gasteiger partial charge in [0.05, 0.1) is 11.7 Å². The molecule has 3 heterocycles. The van der Waals surface area contributed by atoms with Crippen LogP contribution in [-0.4, -0.2) is 31.9 Å². The first-order chi connectivity index (χ1) is 16.6. The highest BCUT2D eigenvalue weighted by atomic mass is 19.1. The summed E-state index contributed by atoms with van der Waals surface area (Å²) in [5, 5.41) is 0. The minimum Gasteiger partial charge on any atom is -0.331 e. The molecule has 1 atom stereocenters. The third-order valence-electron chi connectivity index (χ3n) is 6.52. The van der Waals surface area contributed by atoms with Gasteiger partial charge in [-0.05, 0) is 55.2 Å². The molecule has 5 rings (SSSR count). The Bertz CT molecular complexity index is 1320. The van der Waals surface area contributed by atoms with E-state index in [4.69, 9.17) is 4.98 Å². The summed E-state index contributed by atoms with van der Waals surface area (Å²) >= 11 is 0. The van der Waals surface area contributed by atoms with Gasteiger partial charge in [0.1, 0.15) is 11.6 Å². The van der Waals surface area contributed by atoms with E-state index in [-0.39, 0.29) is 17.8 Å². The van der Waals surface area contributed by atoms with Crippen LogP contribution in [0.25, 0.3) is 0 Å². The zero-order valence-corrected chi connectivity index (χ0v) is 19.2. The van der Waals surface area contributed by atoms with Crippen LogP contribution in [0.4, 0.5) is 4.39 Å². The van der Waals surface area contributed by atoms with Crippen LogP contribution < -0.4 is 0 Å². The number of pyridine rings is 1. The molecular formula is C28H27FN4O. The lowest BCUT2D eigenvalue weighted by Gasteiger charge is -2.26. The second kappa shape index (κ2) is 9.59. The maximum absolute atomic E-state index is 14.1. The summed E-state index contributed by atoms with van der Waals surface area (Å²) in [5.74, 6) is 0.714. The second-order valence-electron chi connectivity index (χ2n) is 8.74. The number of aryl methyl sites for hydroxylation is 1. The predicted molar refractivity (Wildman–Crippen MR) is 129 cm³/mol. The number of amides is 1. The van der Waals surface area contributed by atoms with Gasteiger partial charge in [-0.25, -0.2) is 9.37 Å². The number of hydrogen-bond donors (Lipinski definition) is 0. The van der Waals surface area contributed by atoms with Crippen molar-refractivity contribution in [2.24, 2.45) is 0 Å². The van der Waals surface area contributed by atoms with Gasteiger partial charge in [-0.1, -0.05) is 42.5 Å². The van der Waals surface area contributed by atoms with E-state index >= 15 is 0 Å². The average molecular weight is 455 g/mol. The van der Waals surface area contributed by atoms with Gasteiger partial charge in [0.2, 0.25) is 0 Å². The number of rotatable bonds is 6. The highest BCUT2D eigenvalue weighted by Crippen LogP contribution is 2.33. The topological polar surface area (TPSA) is 51.0 Å². The van der Waals surface area contributed by atoms with Crippen LogP contribution in [0.3, 0.4) is 0 Å². The fourth-order valence-electron chi connectivity index (χ4n) is 4.71. The van der Waals surface area contributed by atoms with Crippen molar-refractivity contribution < 1.29 is 9.18 Å². The Labute approximate surface area is 198 Å². The molecule has 0 aliphatic carbocycles. The molecule has 4 aromatic rings. The van der Waals surface area contributed by atoms with E-state index in [9.17, 15) is 9.18 Å². The Balaban J connectivity index is 1.39. The quantitative estimate of drug-likeness (QED) is 0.395. The normalized spacial score (nSPS) is 15.6. The number of hydrogen-bond acceptors (Lipinski definition) is 3. The maximum atomic E-state index is 14.1. The summed E-state index contributed by atoms with van der Waals surface area (Å²) < 4.78 is 16.2. The van der Waals surface area contributed by atoms with E-state index in [0.29, 0.717) is 30.6 Å². The van der Waals surface area contributed by atoms with Crippen LogP contribution >= 0.6 is 0 Å². The van der Waals surface area contributed by atoms with Gasteiger partial charge < -0.3 is 9.47 Å². The summed E-state index contributed by atoms with van der Waals surface area (Å²) in [4.78, 5) is 24.8. The molecule has 1 fully saturated rings. The number of aromatic nitrogens is 3. The number of halogens is 1. The van der Waals surface area contributed by atoms with Crippen molar-refractivity contribution in [2.75, 3.05) is 6.54 Å². The molecule has 34 heavy (non-hydrogen) atoms. The number of carbonyl (C=O) groups is 1. The van der Waals surface area contributed by atoms with Crippen molar-refractivity contribution in [3.63, 3.8) is 0 Å². The highest BCUT2D eigenvalue weighted by molar-refractivity contribution is 5.96. The average Bonchev–Trinajstić information content (AvgIpc) is 3.50. The smallest absolute Gasteiger partial charge is 0.254 e. The summed E-state index contributed by atoms with van der Waals surface area (Å²) in [6, 6.07) is 20.3. The molecule has 1 aliphatic rings. The van der Waals surface area contributed by atoms with Crippen LogP contribution in [0.5, 0.6) is 0 Å². The molecule has 0 N–H and O–H groups in total. The van der Waals surface area contributed by atoms with Crippen molar-refractivity contribution in [1.29, 1.82) is 0 Å².